The standard InChI is InChI=1S/C24H28F5N5O4S2/c1-12-6-23(25,26)11-34(12)21(36)17-18(39-20(33-17)19(35)32-13-8-40(37,38)9-13)14-7-30-16(31-10-22(2,3)4)5-15(14)24(27,28)29/h5,7,12-13H,6,8-11H2,1-4H3,(H,30,31)(H,32,35)/t12-/m0/s1. The molecule has 2 fully saturated rings. The summed E-state index contributed by atoms with van der Waals surface area (Å²) >= 11 is 0.471. The van der Waals surface area contributed by atoms with Crippen molar-refractivity contribution in [2.45, 2.75) is 58.3 Å². The summed E-state index contributed by atoms with van der Waals surface area (Å²) in [6.45, 7) is 6.37. The number of carbonyl (C=O) groups is 2. The van der Waals surface area contributed by atoms with Gasteiger partial charge in [0, 0.05) is 30.8 Å². The number of rotatable bonds is 6. The van der Waals surface area contributed by atoms with Crippen LogP contribution in [0, 0.1) is 5.41 Å². The van der Waals surface area contributed by atoms with Crippen molar-refractivity contribution >= 4 is 38.8 Å². The first-order chi connectivity index (χ1) is 18.2. The van der Waals surface area contributed by atoms with Crippen LogP contribution in [-0.4, -0.2) is 77.7 Å². The normalized spacial score (nSPS) is 20.7. The van der Waals surface area contributed by atoms with Gasteiger partial charge in [-0.2, -0.15) is 13.2 Å². The Kier molecular flexibility index (Phi) is 7.67. The number of aromatic nitrogens is 2. The summed E-state index contributed by atoms with van der Waals surface area (Å²) in [6, 6.07) is -0.874. The number of pyridine rings is 1. The number of thiazole rings is 1. The van der Waals surface area contributed by atoms with Gasteiger partial charge in [0.1, 0.15) is 11.5 Å². The number of carbonyl (C=O) groups excluding carboxylic acids is 2. The highest BCUT2D eigenvalue weighted by molar-refractivity contribution is 7.92. The molecule has 40 heavy (non-hydrogen) atoms. The SMILES string of the molecule is C[C@H]1CC(F)(F)CN1C(=O)c1nc(C(=O)NC2CS(=O)(=O)C2)sc1-c1cnc(NCC(C)(C)C)cc1C(F)(F)F. The Balaban J connectivity index is 1.77. The average molecular weight is 610 g/mol. The lowest BCUT2D eigenvalue weighted by Gasteiger charge is -2.25. The highest BCUT2D eigenvalue weighted by atomic mass is 32.2. The fourth-order valence-corrected chi connectivity index (χ4v) is 6.66. The minimum Gasteiger partial charge on any atom is -0.370 e. The Morgan fingerprint density at radius 3 is 2.38 bits per heavy atom. The van der Waals surface area contributed by atoms with Gasteiger partial charge in [-0.3, -0.25) is 9.59 Å². The number of nitrogens with zero attached hydrogens (tertiary/aromatic N) is 3. The molecule has 2 aliphatic rings. The van der Waals surface area contributed by atoms with Gasteiger partial charge in [-0.15, -0.1) is 11.3 Å². The predicted octanol–water partition coefficient (Wildman–Crippen LogP) is 4.08. The molecule has 4 heterocycles. The maximum atomic E-state index is 14.2. The fourth-order valence-electron chi connectivity index (χ4n) is 4.38. The molecule has 2 N–H and O–H groups in total. The van der Waals surface area contributed by atoms with Crippen molar-refractivity contribution in [2.75, 3.05) is 29.9 Å². The molecule has 0 unspecified atom stereocenters. The third-order valence-corrected chi connectivity index (χ3v) is 9.22. The summed E-state index contributed by atoms with van der Waals surface area (Å²) in [5.74, 6) is -5.83. The van der Waals surface area contributed by atoms with Crippen LogP contribution in [0.25, 0.3) is 10.4 Å². The molecule has 2 aromatic rings. The summed E-state index contributed by atoms with van der Waals surface area (Å²) in [5.41, 5.74) is -2.57. The van der Waals surface area contributed by atoms with Gasteiger partial charge in [0.15, 0.2) is 14.8 Å². The van der Waals surface area contributed by atoms with Crippen LogP contribution in [0.2, 0.25) is 0 Å². The number of likely N-dealkylation sites (tertiary alicyclic amines) is 1. The van der Waals surface area contributed by atoms with E-state index >= 15 is 0 Å². The topological polar surface area (TPSA) is 121 Å². The molecule has 4 rings (SSSR count). The lowest BCUT2D eigenvalue weighted by molar-refractivity contribution is -0.137. The number of nitrogens with one attached hydrogen (secondary N) is 2. The maximum absolute atomic E-state index is 14.2. The zero-order valence-electron chi connectivity index (χ0n) is 22.0. The highest BCUT2D eigenvalue weighted by Gasteiger charge is 2.47. The van der Waals surface area contributed by atoms with E-state index < -0.39 is 80.6 Å². The largest absolute Gasteiger partial charge is 0.417 e. The molecule has 2 aliphatic heterocycles. The summed E-state index contributed by atoms with van der Waals surface area (Å²) < 4.78 is 93.7. The van der Waals surface area contributed by atoms with Crippen molar-refractivity contribution in [1.82, 2.24) is 20.2 Å². The second kappa shape index (κ2) is 10.2. The molecule has 16 heteroatoms. The van der Waals surface area contributed by atoms with Crippen LogP contribution in [-0.2, 0) is 16.0 Å². The molecule has 220 valence electrons. The van der Waals surface area contributed by atoms with Gasteiger partial charge in [0.05, 0.1) is 34.5 Å². The number of hydrogen-bond donors (Lipinski definition) is 2. The molecule has 9 nitrogen and oxygen atoms in total. The number of halogens is 5. The second-order valence-corrected chi connectivity index (χ2v) is 14.5. The third-order valence-electron chi connectivity index (χ3n) is 6.31. The maximum Gasteiger partial charge on any atom is 0.417 e. The molecule has 0 bridgehead atoms. The molecule has 0 radical (unpaired) electrons. The van der Waals surface area contributed by atoms with Gasteiger partial charge in [-0.05, 0) is 18.4 Å². The average Bonchev–Trinajstić information content (AvgIpc) is 3.35. The van der Waals surface area contributed by atoms with E-state index in [4.69, 9.17) is 0 Å². The van der Waals surface area contributed by atoms with Crippen LogP contribution >= 0.6 is 11.3 Å². The van der Waals surface area contributed by atoms with E-state index in [2.05, 4.69) is 20.6 Å². The van der Waals surface area contributed by atoms with Crippen LogP contribution < -0.4 is 10.6 Å². The van der Waals surface area contributed by atoms with E-state index in [0.29, 0.717) is 17.9 Å². The Labute approximate surface area is 231 Å². The molecule has 0 saturated carbocycles. The van der Waals surface area contributed by atoms with Crippen LogP contribution in [0.15, 0.2) is 12.3 Å². The highest BCUT2D eigenvalue weighted by Crippen LogP contribution is 2.42. The number of sulfone groups is 1. The van der Waals surface area contributed by atoms with Gasteiger partial charge in [0.25, 0.3) is 17.7 Å². The molecule has 2 saturated heterocycles. The molecule has 1 atom stereocenters. The van der Waals surface area contributed by atoms with Gasteiger partial charge in [0.2, 0.25) is 0 Å². The number of anilines is 1. The zero-order chi connectivity index (χ0) is 29.8. The Bertz CT molecular complexity index is 1420. The smallest absolute Gasteiger partial charge is 0.370 e. The van der Waals surface area contributed by atoms with E-state index in [1.165, 1.54) is 6.92 Å². The van der Waals surface area contributed by atoms with Crippen LogP contribution in [0.5, 0.6) is 0 Å². The number of amides is 2. The molecular weight excluding hydrogens is 581 g/mol. The van der Waals surface area contributed by atoms with Crippen molar-refractivity contribution in [3.63, 3.8) is 0 Å². The van der Waals surface area contributed by atoms with Gasteiger partial charge >= 0.3 is 6.18 Å². The first-order valence-corrected chi connectivity index (χ1v) is 14.9. The first kappa shape index (κ1) is 30.1. The zero-order valence-corrected chi connectivity index (χ0v) is 23.7. The third kappa shape index (κ3) is 6.70. The van der Waals surface area contributed by atoms with E-state index in [1.807, 2.05) is 20.8 Å². The lowest BCUT2D eigenvalue weighted by atomic mass is 9.97. The number of alkyl halides is 5. The van der Waals surface area contributed by atoms with Crippen molar-refractivity contribution in [2.24, 2.45) is 5.41 Å². The van der Waals surface area contributed by atoms with Crippen LogP contribution in [0.4, 0.5) is 27.8 Å². The fraction of sp³-hybridized carbons (Fsp3) is 0.583. The Morgan fingerprint density at radius 2 is 1.85 bits per heavy atom. The quantitative estimate of drug-likeness (QED) is 0.474. The first-order valence-electron chi connectivity index (χ1n) is 12.3. The molecule has 0 spiro atoms. The minimum absolute atomic E-state index is 0.0691. The summed E-state index contributed by atoms with van der Waals surface area (Å²) in [6.07, 6.45) is -4.64. The van der Waals surface area contributed by atoms with Crippen molar-refractivity contribution in [3.05, 3.63) is 28.5 Å². The van der Waals surface area contributed by atoms with E-state index in [9.17, 15) is 40.0 Å². The van der Waals surface area contributed by atoms with Crippen molar-refractivity contribution < 1.29 is 40.0 Å². The number of hydrogen-bond acceptors (Lipinski definition) is 8. The molecule has 0 aliphatic carbocycles. The van der Waals surface area contributed by atoms with Gasteiger partial charge < -0.3 is 15.5 Å². The van der Waals surface area contributed by atoms with Crippen LogP contribution in [0.3, 0.4) is 0 Å². The summed E-state index contributed by atoms with van der Waals surface area (Å²) in [5, 5.41) is 4.86. The second-order valence-electron chi connectivity index (χ2n) is 11.3. The molecular formula is C24H28F5N5O4S2. The van der Waals surface area contributed by atoms with Crippen molar-refractivity contribution in [3.8, 4) is 10.4 Å². The van der Waals surface area contributed by atoms with E-state index in [1.54, 1.807) is 0 Å². The summed E-state index contributed by atoms with van der Waals surface area (Å²) in [4.78, 5) is 34.7. The van der Waals surface area contributed by atoms with Crippen molar-refractivity contribution in [1.29, 1.82) is 0 Å². The molecule has 2 amide bonds. The molecule has 2 aromatic heterocycles. The lowest BCUT2D eigenvalue weighted by Crippen LogP contribution is -2.52. The Hall–Kier alpha value is -2.88. The Morgan fingerprint density at radius 1 is 1.20 bits per heavy atom. The monoisotopic (exact) mass is 609 g/mol. The van der Waals surface area contributed by atoms with Crippen LogP contribution in [0.1, 0.15) is 60.0 Å². The summed E-state index contributed by atoms with van der Waals surface area (Å²) in [7, 11) is -3.29. The predicted molar refractivity (Wildman–Crippen MR) is 138 cm³/mol. The van der Waals surface area contributed by atoms with Gasteiger partial charge in [-0.25, -0.2) is 27.2 Å². The molecule has 0 aromatic carbocycles. The van der Waals surface area contributed by atoms with Gasteiger partial charge in [-0.1, -0.05) is 20.8 Å². The minimum atomic E-state index is -4.91. The van der Waals surface area contributed by atoms with E-state index in [0.717, 1.165) is 17.2 Å². The van der Waals surface area contributed by atoms with E-state index in [-0.39, 0.29) is 27.6 Å².